The Hall–Kier alpha value is -1.32. The van der Waals surface area contributed by atoms with Crippen LogP contribution in [0.15, 0.2) is 0 Å². The number of hydrogen-bond donors (Lipinski definition) is 2. The summed E-state index contributed by atoms with van der Waals surface area (Å²) in [5, 5.41) is 6.75. The average molecular weight is 276 g/mol. The maximum absolute atomic E-state index is 4.65. The lowest BCUT2D eigenvalue weighted by Gasteiger charge is -2.34. The highest BCUT2D eigenvalue weighted by Crippen LogP contribution is 2.36. The lowest BCUT2D eigenvalue weighted by atomic mass is 9.76. The van der Waals surface area contributed by atoms with Gasteiger partial charge in [-0.25, -0.2) is 9.97 Å². The molecule has 1 aliphatic rings. The van der Waals surface area contributed by atoms with Crippen LogP contribution < -0.4 is 10.6 Å². The van der Waals surface area contributed by atoms with Crippen LogP contribution in [0.3, 0.4) is 0 Å². The average Bonchev–Trinajstić information content (AvgIpc) is 2.47. The van der Waals surface area contributed by atoms with Gasteiger partial charge in [-0.2, -0.15) is 0 Å². The Balaban J connectivity index is 2.12. The van der Waals surface area contributed by atoms with Gasteiger partial charge < -0.3 is 10.6 Å². The van der Waals surface area contributed by atoms with Gasteiger partial charge in [0.25, 0.3) is 0 Å². The first-order valence-corrected chi connectivity index (χ1v) is 7.87. The first kappa shape index (κ1) is 15.1. The monoisotopic (exact) mass is 276 g/mol. The van der Waals surface area contributed by atoms with Crippen LogP contribution in [-0.4, -0.2) is 23.6 Å². The second-order valence-electron chi connectivity index (χ2n) is 6.29. The molecule has 0 unspecified atom stereocenters. The number of nitrogens with one attached hydrogen (secondary N) is 2. The van der Waals surface area contributed by atoms with Crippen molar-refractivity contribution in [3.05, 3.63) is 11.4 Å². The molecule has 1 aromatic rings. The highest BCUT2D eigenvalue weighted by atomic mass is 15.1. The van der Waals surface area contributed by atoms with E-state index in [1.54, 1.807) is 0 Å². The van der Waals surface area contributed by atoms with E-state index >= 15 is 0 Å². The van der Waals surface area contributed by atoms with Gasteiger partial charge in [-0.3, -0.25) is 0 Å². The topological polar surface area (TPSA) is 49.8 Å². The van der Waals surface area contributed by atoms with Gasteiger partial charge in [-0.15, -0.1) is 0 Å². The normalized spacial score (nSPS) is 17.8. The fourth-order valence-corrected chi connectivity index (χ4v) is 3.02. The third-order valence-corrected chi connectivity index (χ3v) is 4.49. The summed E-state index contributed by atoms with van der Waals surface area (Å²) in [5.74, 6) is 2.83. The fraction of sp³-hybridized carbons (Fsp3) is 0.750. The molecule has 1 saturated carbocycles. The summed E-state index contributed by atoms with van der Waals surface area (Å²) in [7, 11) is 1.92. The second kappa shape index (κ2) is 6.42. The number of anilines is 2. The summed E-state index contributed by atoms with van der Waals surface area (Å²) < 4.78 is 0. The lowest BCUT2D eigenvalue weighted by molar-refractivity contribution is 0.233. The van der Waals surface area contributed by atoms with Crippen LogP contribution in [-0.2, 0) is 6.42 Å². The van der Waals surface area contributed by atoms with Crippen LogP contribution in [0.1, 0.15) is 57.3 Å². The Morgan fingerprint density at radius 2 is 1.75 bits per heavy atom. The molecular weight excluding hydrogens is 248 g/mol. The summed E-state index contributed by atoms with van der Waals surface area (Å²) in [6.07, 6.45) is 7.63. The number of hydrogen-bond acceptors (Lipinski definition) is 4. The third kappa shape index (κ3) is 3.41. The van der Waals surface area contributed by atoms with E-state index < -0.39 is 0 Å². The van der Waals surface area contributed by atoms with E-state index in [1.807, 2.05) is 7.05 Å². The van der Waals surface area contributed by atoms with E-state index in [9.17, 15) is 0 Å². The Bertz CT molecular complexity index is 450. The number of aromatic nitrogens is 2. The molecule has 1 fully saturated rings. The summed E-state index contributed by atoms with van der Waals surface area (Å²) in [5.41, 5.74) is 1.53. The Kier molecular flexibility index (Phi) is 4.84. The minimum Gasteiger partial charge on any atom is -0.373 e. The van der Waals surface area contributed by atoms with Crippen LogP contribution in [0.25, 0.3) is 0 Å². The summed E-state index contributed by atoms with van der Waals surface area (Å²) in [4.78, 5) is 9.17. The third-order valence-electron chi connectivity index (χ3n) is 4.49. The molecule has 20 heavy (non-hydrogen) atoms. The maximum Gasteiger partial charge on any atom is 0.134 e. The summed E-state index contributed by atoms with van der Waals surface area (Å²) in [6, 6.07) is 0. The molecule has 0 bridgehead atoms. The maximum atomic E-state index is 4.65. The largest absolute Gasteiger partial charge is 0.373 e. The first-order chi connectivity index (χ1) is 9.58. The first-order valence-electron chi connectivity index (χ1n) is 7.87. The molecule has 2 N–H and O–H groups in total. The molecule has 4 nitrogen and oxygen atoms in total. The van der Waals surface area contributed by atoms with E-state index in [0.717, 1.165) is 36.0 Å². The Labute approximate surface area is 122 Å². The molecule has 4 heteroatoms. The van der Waals surface area contributed by atoms with Gasteiger partial charge in [0.2, 0.25) is 0 Å². The molecule has 2 rings (SSSR count). The fourth-order valence-electron chi connectivity index (χ4n) is 3.02. The molecular formula is C16H28N4. The van der Waals surface area contributed by atoms with Gasteiger partial charge in [0.05, 0.1) is 0 Å². The Morgan fingerprint density at radius 1 is 1.10 bits per heavy atom. The number of aryl methyl sites for hydroxylation is 1. The van der Waals surface area contributed by atoms with Crippen molar-refractivity contribution in [1.82, 2.24) is 9.97 Å². The van der Waals surface area contributed by atoms with Crippen molar-refractivity contribution >= 4 is 11.6 Å². The molecule has 0 aromatic carbocycles. The highest BCUT2D eigenvalue weighted by molar-refractivity contribution is 5.57. The van der Waals surface area contributed by atoms with Crippen LogP contribution in [0.4, 0.5) is 11.6 Å². The number of nitrogens with zero attached hydrogens (tertiary/aromatic N) is 2. The smallest absolute Gasteiger partial charge is 0.134 e. The van der Waals surface area contributed by atoms with Crippen LogP contribution in [0.2, 0.25) is 0 Å². The van der Waals surface area contributed by atoms with E-state index in [0.29, 0.717) is 5.41 Å². The van der Waals surface area contributed by atoms with Crippen molar-refractivity contribution in [2.45, 2.75) is 59.3 Å². The standard InChI is InChI=1S/C16H28N4/c1-5-13-19-14(17-4)12(2)15(20-13)18-11-16(3)9-7-6-8-10-16/h5-11H2,1-4H3,(H2,17,18,19,20). The zero-order valence-electron chi connectivity index (χ0n) is 13.3. The van der Waals surface area contributed by atoms with Crippen molar-refractivity contribution in [2.24, 2.45) is 5.41 Å². The Morgan fingerprint density at radius 3 is 2.35 bits per heavy atom. The summed E-state index contributed by atoms with van der Waals surface area (Å²) in [6.45, 7) is 7.58. The molecule has 0 saturated heterocycles. The molecule has 112 valence electrons. The predicted molar refractivity (Wildman–Crippen MR) is 85.4 cm³/mol. The van der Waals surface area contributed by atoms with Gasteiger partial charge in [-0.05, 0) is 25.2 Å². The molecule has 0 atom stereocenters. The van der Waals surface area contributed by atoms with E-state index in [-0.39, 0.29) is 0 Å². The molecule has 0 spiro atoms. The van der Waals surface area contributed by atoms with Crippen LogP contribution >= 0.6 is 0 Å². The van der Waals surface area contributed by atoms with Crippen LogP contribution in [0.5, 0.6) is 0 Å². The van der Waals surface area contributed by atoms with Gasteiger partial charge in [-0.1, -0.05) is 33.1 Å². The zero-order valence-corrected chi connectivity index (χ0v) is 13.3. The molecule has 1 heterocycles. The van der Waals surface area contributed by atoms with Gasteiger partial charge in [0.15, 0.2) is 0 Å². The lowest BCUT2D eigenvalue weighted by Crippen LogP contribution is -2.29. The van der Waals surface area contributed by atoms with E-state index in [1.165, 1.54) is 32.1 Å². The van der Waals surface area contributed by atoms with Crippen LogP contribution in [0, 0.1) is 12.3 Å². The molecule has 1 aliphatic carbocycles. The van der Waals surface area contributed by atoms with E-state index in [4.69, 9.17) is 0 Å². The van der Waals surface area contributed by atoms with Crippen molar-refractivity contribution < 1.29 is 0 Å². The minimum absolute atomic E-state index is 0.418. The van der Waals surface area contributed by atoms with E-state index in [2.05, 4.69) is 41.4 Å². The SMILES string of the molecule is CCc1nc(NC)c(C)c(NCC2(C)CCCCC2)n1. The van der Waals surface area contributed by atoms with Crippen molar-refractivity contribution in [1.29, 1.82) is 0 Å². The highest BCUT2D eigenvalue weighted by Gasteiger charge is 2.26. The quantitative estimate of drug-likeness (QED) is 0.859. The van der Waals surface area contributed by atoms with Crippen molar-refractivity contribution in [3.63, 3.8) is 0 Å². The molecule has 1 aromatic heterocycles. The van der Waals surface area contributed by atoms with Gasteiger partial charge in [0.1, 0.15) is 17.5 Å². The van der Waals surface area contributed by atoms with Crippen molar-refractivity contribution in [2.75, 3.05) is 24.2 Å². The zero-order chi connectivity index (χ0) is 14.6. The summed E-state index contributed by atoms with van der Waals surface area (Å²) >= 11 is 0. The van der Waals surface area contributed by atoms with Gasteiger partial charge in [0, 0.05) is 25.6 Å². The predicted octanol–water partition coefficient (Wildman–Crippen LogP) is 3.77. The second-order valence-corrected chi connectivity index (χ2v) is 6.29. The van der Waals surface area contributed by atoms with Crippen molar-refractivity contribution in [3.8, 4) is 0 Å². The van der Waals surface area contributed by atoms with Gasteiger partial charge >= 0.3 is 0 Å². The number of rotatable bonds is 5. The molecule has 0 amide bonds. The molecule has 0 radical (unpaired) electrons. The minimum atomic E-state index is 0.418. The molecule has 0 aliphatic heterocycles.